The highest BCUT2D eigenvalue weighted by molar-refractivity contribution is 6.21. The summed E-state index contributed by atoms with van der Waals surface area (Å²) in [6.45, 7) is 6.21. The van der Waals surface area contributed by atoms with E-state index in [1.165, 1.54) is 0 Å². The average molecular weight is 215 g/mol. The quantitative estimate of drug-likeness (QED) is 0.700. The summed E-state index contributed by atoms with van der Waals surface area (Å²) in [5.74, 6) is 0.604. The third-order valence-corrected chi connectivity index (χ3v) is 3.28. The van der Waals surface area contributed by atoms with Crippen LogP contribution in [0.25, 0.3) is 0 Å². The van der Waals surface area contributed by atoms with Crippen LogP contribution in [0.15, 0.2) is 12.7 Å². The molecule has 1 fully saturated rings. The third kappa shape index (κ3) is 2.25. The maximum atomic E-state index is 6.14. The first-order valence-electron chi connectivity index (χ1n) is 4.94. The van der Waals surface area contributed by atoms with Gasteiger partial charge in [-0.3, -0.25) is 9.58 Å². The van der Waals surface area contributed by atoms with Crippen LogP contribution < -0.4 is 0 Å². The Morgan fingerprint density at radius 2 is 2.29 bits per heavy atom. The first kappa shape index (κ1) is 9.93. The lowest BCUT2D eigenvalue weighted by Crippen LogP contribution is -2.25. The normalized spacial score (nSPS) is 28.4. The molecule has 0 radical (unpaired) electrons. The van der Waals surface area contributed by atoms with Crippen LogP contribution in [0.4, 0.5) is 0 Å². The molecular formula is C9H15ClN4. The fraction of sp³-hybridized carbons (Fsp3) is 0.778. The second-order valence-electron chi connectivity index (χ2n) is 3.91. The molecule has 0 saturated carbocycles. The van der Waals surface area contributed by atoms with Crippen LogP contribution in [0.5, 0.6) is 0 Å². The van der Waals surface area contributed by atoms with Crippen molar-refractivity contribution in [1.29, 1.82) is 0 Å². The van der Waals surface area contributed by atoms with Gasteiger partial charge in [0.1, 0.15) is 12.7 Å². The number of aromatic nitrogens is 3. The average Bonchev–Trinajstić information content (AvgIpc) is 2.74. The molecule has 14 heavy (non-hydrogen) atoms. The minimum atomic E-state index is 0.311. The molecule has 0 bridgehead atoms. The van der Waals surface area contributed by atoms with E-state index in [-0.39, 0.29) is 0 Å². The van der Waals surface area contributed by atoms with Crippen molar-refractivity contribution in [2.75, 3.05) is 19.6 Å². The molecule has 78 valence electrons. The maximum Gasteiger partial charge on any atom is 0.137 e. The van der Waals surface area contributed by atoms with E-state index in [1.807, 2.05) is 4.68 Å². The Hall–Kier alpha value is -0.610. The Morgan fingerprint density at radius 3 is 2.86 bits per heavy atom. The van der Waals surface area contributed by atoms with Gasteiger partial charge in [0, 0.05) is 19.6 Å². The Labute approximate surface area is 88.9 Å². The van der Waals surface area contributed by atoms with E-state index in [0.717, 1.165) is 26.2 Å². The van der Waals surface area contributed by atoms with Gasteiger partial charge in [0.15, 0.2) is 0 Å². The monoisotopic (exact) mass is 214 g/mol. The molecule has 0 N–H and O–H groups in total. The molecule has 1 aromatic rings. The summed E-state index contributed by atoms with van der Waals surface area (Å²) >= 11 is 6.14. The number of alkyl halides is 1. The largest absolute Gasteiger partial charge is 0.300 e. The van der Waals surface area contributed by atoms with Crippen molar-refractivity contribution >= 4 is 11.6 Å². The standard InChI is InChI=1S/C9H15ClN4/c1-8-4-13(5-9(8)10)2-3-14-7-11-6-12-14/h6-9H,2-5H2,1H3. The van der Waals surface area contributed by atoms with Crippen molar-refractivity contribution in [2.24, 2.45) is 5.92 Å². The number of hydrogen-bond acceptors (Lipinski definition) is 3. The van der Waals surface area contributed by atoms with E-state index >= 15 is 0 Å². The summed E-state index contributed by atoms with van der Waals surface area (Å²) in [5, 5.41) is 4.37. The van der Waals surface area contributed by atoms with Crippen LogP contribution in [-0.4, -0.2) is 44.7 Å². The summed E-state index contributed by atoms with van der Waals surface area (Å²) in [6, 6.07) is 0. The van der Waals surface area contributed by atoms with Gasteiger partial charge < -0.3 is 0 Å². The van der Waals surface area contributed by atoms with Crippen molar-refractivity contribution in [3.05, 3.63) is 12.7 Å². The summed E-state index contributed by atoms with van der Waals surface area (Å²) in [7, 11) is 0. The van der Waals surface area contributed by atoms with Crippen LogP contribution in [0.3, 0.4) is 0 Å². The molecule has 5 heteroatoms. The first-order chi connectivity index (χ1) is 6.75. The van der Waals surface area contributed by atoms with Gasteiger partial charge in [-0.25, -0.2) is 4.98 Å². The summed E-state index contributed by atoms with van der Waals surface area (Å²) in [5.41, 5.74) is 0. The predicted octanol–water partition coefficient (Wildman–Crippen LogP) is 0.837. The molecule has 1 aromatic heterocycles. The molecular weight excluding hydrogens is 200 g/mol. The molecule has 2 atom stereocenters. The molecule has 1 aliphatic rings. The summed E-state index contributed by atoms with van der Waals surface area (Å²) in [6.07, 6.45) is 3.31. The Morgan fingerprint density at radius 1 is 1.43 bits per heavy atom. The number of halogens is 1. The van der Waals surface area contributed by atoms with E-state index in [9.17, 15) is 0 Å². The second kappa shape index (κ2) is 4.28. The van der Waals surface area contributed by atoms with Crippen LogP contribution in [-0.2, 0) is 6.54 Å². The zero-order chi connectivity index (χ0) is 9.97. The van der Waals surface area contributed by atoms with Crippen molar-refractivity contribution in [3.8, 4) is 0 Å². The minimum absolute atomic E-state index is 0.311. The molecule has 0 aromatic carbocycles. The lowest BCUT2D eigenvalue weighted by molar-refractivity contribution is 0.306. The molecule has 1 saturated heterocycles. The van der Waals surface area contributed by atoms with Gasteiger partial charge in [0.25, 0.3) is 0 Å². The topological polar surface area (TPSA) is 34.0 Å². The fourth-order valence-corrected chi connectivity index (χ4v) is 2.07. The van der Waals surface area contributed by atoms with Crippen molar-refractivity contribution in [2.45, 2.75) is 18.8 Å². The highest BCUT2D eigenvalue weighted by Crippen LogP contribution is 2.20. The highest BCUT2D eigenvalue weighted by Gasteiger charge is 2.27. The van der Waals surface area contributed by atoms with Gasteiger partial charge in [0.2, 0.25) is 0 Å². The minimum Gasteiger partial charge on any atom is -0.300 e. The van der Waals surface area contributed by atoms with Gasteiger partial charge in [0.05, 0.1) is 11.9 Å². The van der Waals surface area contributed by atoms with Gasteiger partial charge in [-0.05, 0) is 5.92 Å². The number of nitrogens with zero attached hydrogens (tertiary/aromatic N) is 4. The molecule has 0 spiro atoms. The van der Waals surface area contributed by atoms with Gasteiger partial charge in [-0.1, -0.05) is 6.92 Å². The van der Waals surface area contributed by atoms with E-state index in [2.05, 4.69) is 21.9 Å². The first-order valence-corrected chi connectivity index (χ1v) is 5.38. The zero-order valence-corrected chi connectivity index (χ0v) is 9.06. The molecule has 1 aliphatic heterocycles. The van der Waals surface area contributed by atoms with Crippen LogP contribution >= 0.6 is 11.6 Å². The van der Waals surface area contributed by atoms with Crippen LogP contribution in [0, 0.1) is 5.92 Å². The van der Waals surface area contributed by atoms with Crippen LogP contribution in [0.1, 0.15) is 6.92 Å². The van der Waals surface area contributed by atoms with E-state index in [1.54, 1.807) is 12.7 Å². The van der Waals surface area contributed by atoms with Crippen molar-refractivity contribution in [3.63, 3.8) is 0 Å². The number of rotatable bonds is 3. The smallest absolute Gasteiger partial charge is 0.137 e. The van der Waals surface area contributed by atoms with E-state index in [4.69, 9.17) is 11.6 Å². The number of hydrogen-bond donors (Lipinski definition) is 0. The van der Waals surface area contributed by atoms with Gasteiger partial charge >= 0.3 is 0 Å². The van der Waals surface area contributed by atoms with Crippen LogP contribution in [0.2, 0.25) is 0 Å². The second-order valence-corrected chi connectivity index (χ2v) is 4.47. The lowest BCUT2D eigenvalue weighted by Gasteiger charge is -2.14. The Balaban J connectivity index is 1.77. The van der Waals surface area contributed by atoms with Gasteiger partial charge in [-0.15, -0.1) is 11.6 Å². The van der Waals surface area contributed by atoms with Gasteiger partial charge in [-0.2, -0.15) is 5.10 Å². The zero-order valence-electron chi connectivity index (χ0n) is 8.30. The molecule has 0 aliphatic carbocycles. The Kier molecular flexibility index (Phi) is 3.03. The molecule has 0 amide bonds. The summed E-state index contributed by atoms with van der Waals surface area (Å²) in [4.78, 5) is 6.28. The molecule has 4 nitrogen and oxygen atoms in total. The SMILES string of the molecule is CC1CN(CCn2cncn2)CC1Cl. The van der Waals surface area contributed by atoms with E-state index in [0.29, 0.717) is 11.3 Å². The van der Waals surface area contributed by atoms with Crippen molar-refractivity contribution < 1.29 is 0 Å². The highest BCUT2D eigenvalue weighted by atomic mass is 35.5. The third-order valence-electron chi connectivity index (χ3n) is 2.71. The number of likely N-dealkylation sites (tertiary alicyclic amines) is 1. The summed E-state index contributed by atoms with van der Waals surface area (Å²) < 4.78 is 1.85. The Bertz CT molecular complexity index is 264. The molecule has 2 rings (SSSR count). The maximum absolute atomic E-state index is 6.14. The molecule has 2 heterocycles. The molecule has 2 unspecified atom stereocenters. The fourth-order valence-electron chi connectivity index (χ4n) is 1.80. The van der Waals surface area contributed by atoms with E-state index < -0.39 is 0 Å². The lowest BCUT2D eigenvalue weighted by atomic mass is 10.2. The predicted molar refractivity (Wildman–Crippen MR) is 55.3 cm³/mol. The van der Waals surface area contributed by atoms with Crippen molar-refractivity contribution in [1.82, 2.24) is 19.7 Å².